The van der Waals surface area contributed by atoms with E-state index in [4.69, 9.17) is 11.6 Å². The third-order valence-corrected chi connectivity index (χ3v) is 7.14. The van der Waals surface area contributed by atoms with Crippen molar-refractivity contribution in [2.75, 3.05) is 11.9 Å². The molecular weight excluding hydrogens is 396 g/mol. The van der Waals surface area contributed by atoms with Crippen LogP contribution in [0, 0.1) is 13.8 Å². The molecule has 1 saturated heterocycles. The van der Waals surface area contributed by atoms with Crippen molar-refractivity contribution in [3.05, 3.63) is 58.6 Å². The molecule has 0 aromatic heterocycles. The van der Waals surface area contributed by atoms with E-state index in [2.05, 4.69) is 5.32 Å². The van der Waals surface area contributed by atoms with Crippen molar-refractivity contribution in [2.45, 2.75) is 50.5 Å². The Morgan fingerprint density at radius 1 is 1.11 bits per heavy atom. The number of benzene rings is 2. The molecular formula is C21H25ClN2O3S. The molecule has 1 amide bonds. The summed E-state index contributed by atoms with van der Waals surface area (Å²) in [5.41, 5.74) is 2.88. The summed E-state index contributed by atoms with van der Waals surface area (Å²) in [4.78, 5) is 12.8. The van der Waals surface area contributed by atoms with Gasteiger partial charge < -0.3 is 5.32 Å². The summed E-state index contributed by atoms with van der Waals surface area (Å²) in [6.07, 6.45) is 2.52. The zero-order valence-electron chi connectivity index (χ0n) is 16.1. The van der Waals surface area contributed by atoms with Crippen LogP contribution in [0.3, 0.4) is 0 Å². The summed E-state index contributed by atoms with van der Waals surface area (Å²) in [7, 11) is -3.67. The molecule has 1 atom stereocenters. The lowest BCUT2D eigenvalue weighted by Gasteiger charge is -2.34. The molecule has 1 N–H and O–H groups in total. The SMILES string of the molecule is Cc1cc(C)cc(NC(=O)CC2CCCCN2S(=O)(=O)c2ccc(Cl)cc2)c1. The van der Waals surface area contributed by atoms with E-state index in [1.807, 2.05) is 32.0 Å². The maximum absolute atomic E-state index is 13.1. The van der Waals surface area contributed by atoms with E-state index in [9.17, 15) is 13.2 Å². The lowest BCUT2D eigenvalue weighted by Crippen LogP contribution is -2.45. The van der Waals surface area contributed by atoms with Gasteiger partial charge in [-0.25, -0.2) is 8.42 Å². The van der Waals surface area contributed by atoms with E-state index < -0.39 is 10.0 Å². The Bertz CT molecular complexity index is 938. The van der Waals surface area contributed by atoms with Crippen LogP contribution in [0.5, 0.6) is 0 Å². The first-order valence-electron chi connectivity index (χ1n) is 9.41. The average molecular weight is 421 g/mol. The predicted molar refractivity (Wildman–Crippen MR) is 112 cm³/mol. The highest BCUT2D eigenvalue weighted by Gasteiger charge is 2.34. The molecule has 0 spiro atoms. The molecule has 1 aliphatic rings. The molecule has 0 aliphatic carbocycles. The number of halogens is 1. The monoisotopic (exact) mass is 420 g/mol. The lowest BCUT2D eigenvalue weighted by atomic mass is 10.0. The molecule has 2 aromatic carbocycles. The van der Waals surface area contributed by atoms with Gasteiger partial charge in [0.1, 0.15) is 0 Å². The first-order valence-corrected chi connectivity index (χ1v) is 11.2. The number of hydrogen-bond acceptors (Lipinski definition) is 3. The van der Waals surface area contributed by atoms with Crippen molar-refractivity contribution in [2.24, 2.45) is 0 Å². The van der Waals surface area contributed by atoms with Crippen molar-refractivity contribution >= 4 is 33.2 Å². The normalized spacial score (nSPS) is 18.0. The fraction of sp³-hybridized carbons (Fsp3) is 0.381. The smallest absolute Gasteiger partial charge is 0.243 e. The van der Waals surface area contributed by atoms with Crippen LogP contribution in [0.15, 0.2) is 47.4 Å². The van der Waals surface area contributed by atoms with Gasteiger partial charge in [-0.2, -0.15) is 4.31 Å². The lowest BCUT2D eigenvalue weighted by molar-refractivity contribution is -0.117. The van der Waals surface area contributed by atoms with Crippen molar-refractivity contribution in [3.63, 3.8) is 0 Å². The van der Waals surface area contributed by atoms with Crippen molar-refractivity contribution < 1.29 is 13.2 Å². The van der Waals surface area contributed by atoms with Crippen molar-refractivity contribution in [1.29, 1.82) is 0 Å². The van der Waals surface area contributed by atoms with Gasteiger partial charge in [-0.3, -0.25) is 4.79 Å². The third-order valence-electron chi connectivity index (χ3n) is 4.92. The Balaban J connectivity index is 1.75. The van der Waals surface area contributed by atoms with E-state index in [0.717, 1.165) is 29.7 Å². The van der Waals surface area contributed by atoms with Gasteiger partial charge >= 0.3 is 0 Å². The number of aryl methyl sites for hydroxylation is 2. The molecule has 1 heterocycles. The van der Waals surface area contributed by atoms with Gasteiger partial charge in [-0.1, -0.05) is 24.1 Å². The molecule has 7 heteroatoms. The third kappa shape index (κ3) is 4.93. The van der Waals surface area contributed by atoms with Gasteiger partial charge in [0.15, 0.2) is 0 Å². The quantitative estimate of drug-likeness (QED) is 0.772. The van der Waals surface area contributed by atoms with Gasteiger partial charge in [0.2, 0.25) is 15.9 Å². The Kier molecular flexibility index (Phi) is 6.43. The van der Waals surface area contributed by atoms with Crippen LogP contribution in [0.25, 0.3) is 0 Å². The summed E-state index contributed by atoms with van der Waals surface area (Å²) in [6.45, 7) is 4.38. The standard InChI is InChI=1S/C21H25ClN2O3S/c1-15-11-16(2)13-18(12-15)23-21(25)14-19-5-3-4-10-24(19)28(26,27)20-8-6-17(22)7-9-20/h6-9,11-13,19H,3-5,10,14H2,1-2H3,(H,23,25). The zero-order chi connectivity index (χ0) is 20.3. The van der Waals surface area contributed by atoms with Crippen LogP contribution in [-0.4, -0.2) is 31.2 Å². The maximum atomic E-state index is 13.1. The topological polar surface area (TPSA) is 66.5 Å². The highest BCUT2D eigenvalue weighted by Crippen LogP contribution is 2.28. The molecule has 3 rings (SSSR count). The number of nitrogens with one attached hydrogen (secondary N) is 1. The average Bonchev–Trinajstić information content (AvgIpc) is 2.61. The molecule has 0 saturated carbocycles. The van der Waals surface area contributed by atoms with Crippen LogP contribution in [0.2, 0.25) is 5.02 Å². The molecule has 0 bridgehead atoms. The van der Waals surface area contributed by atoms with Gasteiger partial charge in [0, 0.05) is 29.7 Å². The Hall–Kier alpha value is -1.89. The molecule has 1 unspecified atom stereocenters. The molecule has 0 radical (unpaired) electrons. The molecule has 28 heavy (non-hydrogen) atoms. The maximum Gasteiger partial charge on any atom is 0.243 e. The number of carbonyl (C=O) groups is 1. The van der Waals surface area contributed by atoms with Crippen molar-refractivity contribution in [3.8, 4) is 0 Å². The predicted octanol–water partition coefficient (Wildman–Crippen LogP) is 4.53. The number of carbonyl (C=O) groups excluding carboxylic acids is 1. The number of nitrogens with zero attached hydrogens (tertiary/aromatic N) is 1. The minimum absolute atomic E-state index is 0.139. The first-order chi connectivity index (χ1) is 13.3. The number of anilines is 1. The Morgan fingerprint density at radius 3 is 2.39 bits per heavy atom. The minimum atomic E-state index is -3.67. The van der Waals surface area contributed by atoms with Crippen LogP contribution in [0.4, 0.5) is 5.69 Å². The van der Waals surface area contributed by atoms with Crippen molar-refractivity contribution in [1.82, 2.24) is 4.31 Å². The first kappa shape index (κ1) is 20.8. The molecule has 1 aliphatic heterocycles. The summed E-state index contributed by atoms with van der Waals surface area (Å²) in [5.74, 6) is -0.173. The Morgan fingerprint density at radius 2 is 1.75 bits per heavy atom. The minimum Gasteiger partial charge on any atom is -0.326 e. The second-order valence-corrected chi connectivity index (χ2v) is 9.67. The summed E-state index contributed by atoms with van der Waals surface area (Å²) >= 11 is 5.88. The fourth-order valence-electron chi connectivity index (χ4n) is 3.71. The Labute approximate surface area is 171 Å². The van der Waals surface area contributed by atoms with Crippen LogP contribution >= 0.6 is 11.6 Å². The molecule has 5 nitrogen and oxygen atoms in total. The van der Waals surface area contributed by atoms with Crippen LogP contribution < -0.4 is 5.32 Å². The van der Waals surface area contributed by atoms with Gasteiger partial charge in [-0.05, 0) is 74.2 Å². The van der Waals surface area contributed by atoms with E-state index in [-0.39, 0.29) is 23.3 Å². The second kappa shape index (κ2) is 8.64. The van der Waals surface area contributed by atoms with E-state index in [0.29, 0.717) is 18.0 Å². The van der Waals surface area contributed by atoms with Gasteiger partial charge in [0.05, 0.1) is 4.90 Å². The van der Waals surface area contributed by atoms with Gasteiger partial charge in [-0.15, -0.1) is 0 Å². The fourth-order valence-corrected chi connectivity index (χ4v) is 5.53. The molecule has 150 valence electrons. The molecule has 2 aromatic rings. The van der Waals surface area contributed by atoms with E-state index in [1.165, 1.54) is 16.4 Å². The van der Waals surface area contributed by atoms with Gasteiger partial charge in [0.25, 0.3) is 0 Å². The van der Waals surface area contributed by atoms with E-state index in [1.54, 1.807) is 12.1 Å². The number of piperidine rings is 1. The van der Waals surface area contributed by atoms with Crippen LogP contribution in [-0.2, 0) is 14.8 Å². The van der Waals surface area contributed by atoms with E-state index >= 15 is 0 Å². The number of amides is 1. The largest absolute Gasteiger partial charge is 0.326 e. The van der Waals surface area contributed by atoms with Crippen LogP contribution in [0.1, 0.15) is 36.8 Å². The highest BCUT2D eigenvalue weighted by molar-refractivity contribution is 7.89. The number of hydrogen-bond donors (Lipinski definition) is 1. The molecule has 1 fully saturated rings. The summed E-state index contributed by atoms with van der Waals surface area (Å²) in [5, 5.41) is 3.40. The second-order valence-electron chi connectivity index (χ2n) is 7.35. The zero-order valence-corrected chi connectivity index (χ0v) is 17.7. The highest BCUT2D eigenvalue weighted by atomic mass is 35.5. The summed E-state index contributed by atoms with van der Waals surface area (Å²) < 4.78 is 27.7. The number of rotatable bonds is 5. The number of sulfonamides is 1. The summed E-state index contributed by atoms with van der Waals surface area (Å²) in [6, 6.07) is 11.7.